The first kappa shape index (κ1) is 15.9. The normalized spacial score (nSPS) is 18.2. The molecule has 8 nitrogen and oxygen atoms in total. The van der Waals surface area contributed by atoms with E-state index in [1.54, 1.807) is 7.05 Å². The lowest BCUT2D eigenvalue weighted by Gasteiger charge is -2.34. The minimum atomic E-state index is -3.63. The molecule has 0 saturated carbocycles. The summed E-state index contributed by atoms with van der Waals surface area (Å²) in [5.74, 6) is -1.06. The van der Waals surface area contributed by atoms with Crippen LogP contribution in [0.1, 0.15) is 12.8 Å². The molecule has 1 fully saturated rings. The standard InChI is InChI=1S/C12H20N4O4S/c1-14-5-3-10(4-6-14)15(2)21(19,20)11-7-13-16(8-11)9-12(17)18/h7-8,10H,3-6,9H2,1-2H3,(H,17,18). The first-order valence-corrected chi connectivity index (χ1v) is 8.15. The van der Waals surface area contributed by atoms with Crippen LogP contribution < -0.4 is 0 Å². The fourth-order valence-electron chi connectivity index (χ4n) is 2.42. The Morgan fingerprint density at radius 3 is 2.67 bits per heavy atom. The Labute approximate surface area is 124 Å². The molecule has 0 aromatic carbocycles. The smallest absolute Gasteiger partial charge is 0.325 e. The second kappa shape index (κ2) is 6.12. The highest BCUT2D eigenvalue weighted by molar-refractivity contribution is 7.89. The average Bonchev–Trinajstić information content (AvgIpc) is 2.87. The van der Waals surface area contributed by atoms with Gasteiger partial charge in [-0.1, -0.05) is 0 Å². The van der Waals surface area contributed by atoms with E-state index < -0.39 is 16.0 Å². The van der Waals surface area contributed by atoms with Crippen LogP contribution in [0.25, 0.3) is 0 Å². The number of likely N-dealkylation sites (tertiary alicyclic amines) is 1. The Morgan fingerprint density at radius 1 is 1.48 bits per heavy atom. The van der Waals surface area contributed by atoms with E-state index in [-0.39, 0.29) is 17.5 Å². The molecule has 0 spiro atoms. The van der Waals surface area contributed by atoms with Crippen molar-refractivity contribution in [3.8, 4) is 0 Å². The quantitative estimate of drug-likeness (QED) is 0.800. The summed E-state index contributed by atoms with van der Waals surface area (Å²) in [6.45, 7) is 1.37. The predicted octanol–water partition coefficient (Wildman–Crippen LogP) is -0.318. The van der Waals surface area contributed by atoms with Crippen LogP contribution in [-0.4, -0.2) is 71.7 Å². The van der Waals surface area contributed by atoms with Crippen LogP contribution in [0.15, 0.2) is 17.3 Å². The lowest BCUT2D eigenvalue weighted by atomic mass is 10.1. The third kappa shape index (κ3) is 3.60. The number of hydrogen-bond donors (Lipinski definition) is 1. The van der Waals surface area contributed by atoms with Gasteiger partial charge < -0.3 is 10.0 Å². The molecule has 0 radical (unpaired) electrons. The molecular weight excluding hydrogens is 296 g/mol. The van der Waals surface area contributed by atoms with Crippen LogP contribution in [0.3, 0.4) is 0 Å². The average molecular weight is 316 g/mol. The van der Waals surface area contributed by atoms with Crippen molar-refractivity contribution in [2.45, 2.75) is 30.3 Å². The summed E-state index contributed by atoms with van der Waals surface area (Å²) in [5.41, 5.74) is 0. The van der Waals surface area contributed by atoms with Crippen LogP contribution >= 0.6 is 0 Å². The van der Waals surface area contributed by atoms with Gasteiger partial charge in [0.25, 0.3) is 0 Å². The summed E-state index contributed by atoms with van der Waals surface area (Å²) in [6, 6.07) is -0.0333. The second-order valence-corrected chi connectivity index (χ2v) is 7.32. The number of nitrogens with zero attached hydrogens (tertiary/aromatic N) is 4. The highest BCUT2D eigenvalue weighted by Crippen LogP contribution is 2.21. The van der Waals surface area contributed by atoms with Gasteiger partial charge in [0.2, 0.25) is 10.0 Å². The Morgan fingerprint density at radius 2 is 2.10 bits per heavy atom. The van der Waals surface area contributed by atoms with Gasteiger partial charge >= 0.3 is 5.97 Å². The minimum absolute atomic E-state index is 0.0326. The van der Waals surface area contributed by atoms with E-state index in [1.807, 2.05) is 7.05 Å². The third-order valence-electron chi connectivity index (χ3n) is 3.79. The maximum absolute atomic E-state index is 12.5. The lowest BCUT2D eigenvalue weighted by Crippen LogP contribution is -2.44. The maximum atomic E-state index is 12.5. The van der Waals surface area contributed by atoms with Gasteiger partial charge in [0, 0.05) is 19.3 Å². The molecule has 0 unspecified atom stereocenters. The van der Waals surface area contributed by atoms with Gasteiger partial charge in [-0.2, -0.15) is 9.40 Å². The van der Waals surface area contributed by atoms with E-state index in [4.69, 9.17) is 5.11 Å². The zero-order valence-electron chi connectivity index (χ0n) is 12.1. The summed E-state index contributed by atoms with van der Waals surface area (Å²) in [5, 5.41) is 12.5. The molecule has 9 heteroatoms. The van der Waals surface area contributed by atoms with Crippen LogP contribution in [-0.2, 0) is 21.4 Å². The number of carboxylic acids is 1. The first-order valence-electron chi connectivity index (χ1n) is 6.71. The predicted molar refractivity (Wildman–Crippen MR) is 75.3 cm³/mol. The summed E-state index contributed by atoms with van der Waals surface area (Å²) in [6.07, 6.45) is 4.03. The summed E-state index contributed by atoms with van der Waals surface area (Å²) >= 11 is 0. The van der Waals surface area contributed by atoms with Gasteiger partial charge in [0.05, 0.1) is 6.20 Å². The number of sulfonamides is 1. The van der Waals surface area contributed by atoms with Crippen molar-refractivity contribution in [2.75, 3.05) is 27.2 Å². The van der Waals surface area contributed by atoms with Crippen LogP contribution in [0.5, 0.6) is 0 Å². The zero-order chi connectivity index (χ0) is 15.6. The summed E-state index contributed by atoms with van der Waals surface area (Å²) in [7, 11) is -0.0487. The van der Waals surface area contributed by atoms with Crippen molar-refractivity contribution in [1.29, 1.82) is 0 Å². The van der Waals surface area contributed by atoms with Crippen molar-refractivity contribution in [2.24, 2.45) is 0 Å². The number of piperidine rings is 1. The van der Waals surface area contributed by atoms with E-state index in [0.717, 1.165) is 30.6 Å². The Kier molecular flexibility index (Phi) is 4.64. The molecule has 1 aromatic rings. The lowest BCUT2D eigenvalue weighted by molar-refractivity contribution is -0.137. The van der Waals surface area contributed by atoms with E-state index in [1.165, 1.54) is 16.7 Å². The fourth-order valence-corrected chi connectivity index (χ4v) is 3.80. The molecule has 1 N–H and O–H groups in total. The van der Waals surface area contributed by atoms with Gasteiger partial charge in [-0.15, -0.1) is 0 Å². The van der Waals surface area contributed by atoms with Gasteiger partial charge in [-0.05, 0) is 33.0 Å². The van der Waals surface area contributed by atoms with Gasteiger partial charge in [0.1, 0.15) is 11.4 Å². The highest BCUT2D eigenvalue weighted by atomic mass is 32.2. The largest absolute Gasteiger partial charge is 0.480 e. The Bertz CT molecular complexity index is 605. The van der Waals surface area contributed by atoms with E-state index in [2.05, 4.69) is 10.00 Å². The van der Waals surface area contributed by atoms with Crippen molar-refractivity contribution < 1.29 is 18.3 Å². The van der Waals surface area contributed by atoms with Crippen molar-refractivity contribution in [1.82, 2.24) is 19.0 Å². The number of carboxylic acid groups (broad SMARTS) is 1. The van der Waals surface area contributed by atoms with Crippen molar-refractivity contribution in [3.63, 3.8) is 0 Å². The molecule has 0 bridgehead atoms. The maximum Gasteiger partial charge on any atom is 0.325 e. The van der Waals surface area contributed by atoms with Crippen molar-refractivity contribution >= 4 is 16.0 Å². The van der Waals surface area contributed by atoms with Gasteiger partial charge in [-0.3, -0.25) is 9.48 Å². The minimum Gasteiger partial charge on any atom is -0.480 e. The molecule has 1 saturated heterocycles. The molecule has 0 amide bonds. The van der Waals surface area contributed by atoms with Crippen LogP contribution in [0.4, 0.5) is 0 Å². The van der Waals surface area contributed by atoms with Crippen molar-refractivity contribution in [3.05, 3.63) is 12.4 Å². The van der Waals surface area contributed by atoms with Gasteiger partial charge in [0.15, 0.2) is 0 Å². The molecule has 1 aromatic heterocycles. The molecule has 21 heavy (non-hydrogen) atoms. The number of carbonyl (C=O) groups is 1. The molecule has 118 valence electrons. The van der Waals surface area contributed by atoms with E-state index in [9.17, 15) is 13.2 Å². The van der Waals surface area contributed by atoms with Crippen LogP contribution in [0, 0.1) is 0 Å². The summed E-state index contributed by atoms with van der Waals surface area (Å²) in [4.78, 5) is 12.8. The molecular formula is C12H20N4O4S. The third-order valence-corrected chi connectivity index (χ3v) is 5.65. The Balaban J connectivity index is 2.13. The molecule has 1 aliphatic heterocycles. The fraction of sp³-hybridized carbons (Fsp3) is 0.667. The number of rotatable bonds is 5. The second-order valence-electron chi connectivity index (χ2n) is 5.32. The monoisotopic (exact) mass is 316 g/mol. The molecule has 0 atom stereocenters. The molecule has 0 aliphatic carbocycles. The molecule has 1 aliphatic rings. The van der Waals surface area contributed by atoms with Crippen LogP contribution in [0.2, 0.25) is 0 Å². The highest BCUT2D eigenvalue weighted by Gasteiger charge is 2.31. The summed E-state index contributed by atoms with van der Waals surface area (Å²) < 4.78 is 27.5. The van der Waals surface area contributed by atoms with E-state index in [0.29, 0.717) is 0 Å². The SMILES string of the molecule is CN1CCC(N(C)S(=O)(=O)c2cnn(CC(=O)O)c2)CC1. The first-order chi connectivity index (χ1) is 9.80. The molecule has 2 rings (SSSR count). The topological polar surface area (TPSA) is 95.7 Å². The van der Waals surface area contributed by atoms with Gasteiger partial charge in [-0.25, -0.2) is 8.42 Å². The van der Waals surface area contributed by atoms with E-state index >= 15 is 0 Å². The number of aliphatic carboxylic acids is 1. The number of aromatic nitrogens is 2. The Hall–Kier alpha value is -1.45. The number of hydrogen-bond acceptors (Lipinski definition) is 5. The molecule has 2 heterocycles. The zero-order valence-corrected chi connectivity index (χ0v) is 13.0.